The lowest BCUT2D eigenvalue weighted by Crippen LogP contribution is -2.30. The van der Waals surface area contributed by atoms with Gasteiger partial charge in [0.05, 0.1) is 11.0 Å². The molecule has 0 saturated heterocycles. The van der Waals surface area contributed by atoms with Crippen molar-refractivity contribution in [2.24, 2.45) is 0 Å². The summed E-state index contributed by atoms with van der Waals surface area (Å²) < 4.78 is 1.31. The lowest BCUT2D eigenvalue weighted by Gasteiger charge is -2.07. The number of nitrogens with one attached hydrogen (secondary N) is 1. The summed E-state index contributed by atoms with van der Waals surface area (Å²) >= 11 is 0. The van der Waals surface area contributed by atoms with Crippen LogP contribution in [0.3, 0.4) is 0 Å². The topological polar surface area (TPSA) is 110 Å². The van der Waals surface area contributed by atoms with Crippen molar-refractivity contribution in [3.63, 3.8) is 0 Å². The number of aromatic nitrogens is 2. The van der Waals surface area contributed by atoms with E-state index in [4.69, 9.17) is 5.11 Å². The van der Waals surface area contributed by atoms with Crippen LogP contribution >= 0.6 is 0 Å². The summed E-state index contributed by atoms with van der Waals surface area (Å²) in [6, 6.07) is 0. The van der Waals surface area contributed by atoms with Crippen LogP contribution in [0.15, 0.2) is 0 Å². The highest BCUT2D eigenvalue weighted by molar-refractivity contribution is 5.75. The normalized spacial score (nSPS) is 12.2. The second-order valence-electron chi connectivity index (χ2n) is 4.42. The first-order valence-electron chi connectivity index (χ1n) is 5.96. The molecule has 1 aromatic rings. The lowest BCUT2D eigenvalue weighted by molar-refractivity contribution is -0.386. The van der Waals surface area contributed by atoms with Crippen molar-refractivity contribution in [2.75, 3.05) is 6.54 Å². The van der Waals surface area contributed by atoms with Crippen molar-refractivity contribution in [3.05, 3.63) is 21.5 Å². The number of hydrogen-bond acceptors (Lipinski definition) is 5. The Labute approximate surface area is 110 Å². The van der Waals surface area contributed by atoms with Gasteiger partial charge in [0.1, 0.15) is 17.9 Å². The minimum atomic E-state index is -0.500. The average Bonchev–Trinajstić information content (AvgIpc) is 2.53. The summed E-state index contributed by atoms with van der Waals surface area (Å²) in [5, 5.41) is 26.5. The Balaban J connectivity index is 2.65. The zero-order chi connectivity index (χ0) is 14.6. The SMILES string of the molecule is Cc1nn(CC(=O)NCCC(C)O)c(C)c1[N+](=O)[O-]. The highest BCUT2D eigenvalue weighted by Gasteiger charge is 2.22. The molecule has 8 nitrogen and oxygen atoms in total. The number of nitro groups is 1. The molecule has 106 valence electrons. The molecule has 0 radical (unpaired) electrons. The summed E-state index contributed by atoms with van der Waals surface area (Å²) in [4.78, 5) is 21.9. The molecule has 0 bridgehead atoms. The van der Waals surface area contributed by atoms with Crippen LogP contribution in [0.25, 0.3) is 0 Å². The summed E-state index contributed by atoms with van der Waals surface area (Å²) in [5.41, 5.74) is 0.587. The Morgan fingerprint density at radius 3 is 2.68 bits per heavy atom. The van der Waals surface area contributed by atoms with Crippen LogP contribution in [-0.2, 0) is 11.3 Å². The molecule has 0 aliphatic carbocycles. The van der Waals surface area contributed by atoms with Gasteiger partial charge in [-0.05, 0) is 27.2 Å². The molecule has 0 aliphatic rings. The molecule has 0 aliphatic heterocycles. The quantitative estimate of drug-likeness (QED) is 0.570. The number of nitrogens with zero attached hydrogens (tertiary/aromatic N) is 3. The third kappa shape index (κ3) is 4.02. The van der Waals surface area contributed by atoms with E-state index in [9.17, 15) is 14.9 Å². The van der Waals surface area contributed by atoms with Crippen molar-refractivity contribution in [2.45, 2.75) is 39.8 Å². The van der Waals surface area contributed by atoms with E-state index in [1.165, 1.54) is 11.6 Å². The molecular formula is C11H18N4O4. The summed E-state index contributed by atoms with van der Waals surface area (Å²) in [6.07, 6.45) is -0.0155. The molecule has 1 unspecified atom stereocenters. The number of rotatable bonds is 6. The van der Waals surface area contributed by atoms with Crippen LogP contribution in [0.4, 0.5) is 5.69 Å². The Hall–Kier alpha value is -1.96. The van der Waals surface area contributed by atoms with E-state index < -0.39 is 11.0 Å². The molecule has 0 spiro atoms. The molecule has 1 heterocycles. The molecule has 1 rings (SSSR count). The number of hydrogen-bond donors (Lipinski definition) is 2. The van der Waals surface area contributed by atoms with Crippen molar-refractivity contribution in [3.8, 4) is 0 Å². The van der Waals surface area contributed by atoms with E-state index >= 15 is 0 Å². The first-order valence-corrected chi connectivity index (χ1v) is 5.96. The van der Waals surface area contributed by atoms with Gasteiger partial charge in [-0.1, -0.05) is 0 Å². The monoisotopic (exact) mass is 270 g/mol. The van der Waals surface area contributed by atoms with Gasteiger partial charge in [-0.15, -0.1) is 0 Å². The fourth-order valence-electron chi connectivity index (χ4n) is 1.72. The van der Waals surface area contributed by atoms with Crippen molar-refractivity contribution in [1.29, 1.82) is 0 Å². The first-order chi connectivity index (χ1) is 8.82. The maximum Gasteiger partial charge on any atom is 0.312 e. The van der Waals surface area contributed by atoms with Crippen molar-refractivity contribution < 1.29 is 14.8 Å². The van der Waals surface area contributed by atoms with E-state index in [1.807, 2.05) is 0 Å². The molecule has 1 amide bonds. The number of aliphatic hydroxyl groups is 1. The van der Waals surface area contributed by atoms with Crippen LogP contribution < -0.4 is 5.32 Å². The predicted octanol–water partition coefficient (Wildman–Crippen LogP) is 0.295. The minimum Gasteiger partial charge on any atom is -0.393 e. The van der Waals surface area contributed by atoms with Gasteiger partial charge in [-0.25, -0.2) is 0 Å². The highest BCUT2D eigenvalue weighted by Crippen LogP contribution is 2.21. The molecule has 0 saturated carbocycles. The standard InChI is InChI=1S/C11H18N4O4/c1-7(16)4-5-12-10(17)6-14-9(3)11(15(18)19)8(2)13-14/h7,16H,4-6H2,1-3H3,(H,12,17). The molecule has 2 N–H and O–H groups in total. The van der Waals surface area contributed by atoms with Crippen LogP contribution in [0.1, 0.15) is 24.7 Å². The Kier molecular flexibility index (Phi) is 4.99. The fraction of sp³-hybridized carbons (Fsp3) is 0.636. The lowest BCUT2D eigenvalue weighted by atomic mass is 10.3. The number of amides is 1. The van der Waals surface area contributed by atoms with Gasteiger partial charge < -0.3 is 10.4 Å². The Morgan fingerprint density at radius 2 is 2.21 bits per heavy atom. The van der Waals surface area contributed by atoms with E-state index in [0.717, 1.165) is 0 Å². The van der Waals surface area contributed by atoms with Crippen LogP contribution in [-0.4, -0.2) is 38.4 Å². The largest absolute Gasteiger partial charge is 0.393 e. The molecule has 0 fully saturated rings. The van der Waals surface area contributed by atoms with E-state index in [2.05, 4.69) is 10.4 Å². The minimum absolute atomic E-state index is 0.0585. The van der Waals surface area contributed by atoms with Crippen molar-refractivity contribution in [1.82, 2.24) is 15.1 Å². The summed E-state index contributed by atoms with van der Waals surface area (Å²) in [5.74, 6) is -0.291. The zero-order valence-corrected chi connectivity index (χ0v) is 11.2. The third-order valence-corrected chi connectivity index (χ3v) is 2.70. The maximum atomic E-state index is 11.6. The zero-order valence-electron chi connectivity index (χ0n) is 11.2. The molecule has 0 aromatic carbocycles. The molecule has 1 atom stereocenters. The first kappa shape index (κ1) is 15.1. The van der Waals surface area contributed by atoms with Gasteiger partial charge in [-0.2, -0.15) is 5.10 Å². The van der Waals surface area contributed by atoms with Crippen LogP contribution in [0.5, 0.6) is 0 Å². The Bertz CT molecular complexity index is 481. The second-order valence-corrected chi connectivity index (χ2v) is 4.42. The Morgan fingerprint density at radius 1 is 1.58 bits per heavy atom. The number of carbonyl (C=O) groups is 1. The van der Waals surface area contributed by atoms with Crippen molar-refractivity contribution >= 4 is 11.6 Å². The van der Waals surface area contributed by atoms with Gasteiger partial charge in [0.25, 0.3) is 0 Å². The van der Waals surface area contributed by atoms with Gasteiger partial charge in [0, 0.05) is 6.54 Å². The number of aliphatic hydroxyl groups excluding tert-OH is 1. The van der Waals surface area contributed by atoms with Crippen LogP contribution in [0.2, 0.25) is 0 Å². The van der Waals surface area contributed by atoms with E-state index in [1.54, 1.807) is 13.8 Å². The summed E-state index contributed by atoms with van der Waals surface area (Å²) in [7, 11) is 0. The highest BCUT2D eigenvalue weighted by atomic mass is 16.6. The maximum absolute atomic E-state index is 11.6. The third-order valence-electron chi connectivity index (χ3n) is 2.70. The fourth-order valence-corrected chi connectivity index (χ4v) is 1.72. The predicted molar refractivity (Wildman–Crippen MR) is 67.7 cm³/mol. The van der Waals surface area contributed by atoms with Gasteiger partial charge in [0.2, 0.25) is 5.91 Å². The van der Waals surface area contributed by atoms with Gasteiger partial charge in [0.15, 0.2) is 0 Å². The molecule has 8 heteroatoms. The summed E-state index contributed by atoms with van der Waals surface area (Å²) in [6.45, 7) is 5.02. The van der Waals surface area contributed by atoms with Gasteiger partial charge >= 0.3 is 5.69 Å². The van der Waals surface area contributed by atoms with Crippen LogP contribution in [0, 0.1) is 24.0 Å². The smallest absolute Gasteiger partial charge is 0.312 e. The van der Waals surface area contributed by atoms with E-state index in [-0.39, 0.29) is 18.1 Å². The molecular weight excluding hydrogens is 252 g/mol. The number of aryl methyl sites for hydroxylation is 1. The molecule has 1 aromatic heterocycles. The van der Waals surface area contributed by atoms with Gasteiger partial charge in [-0.3, -0.25) is 19.6 Å². The molecule has 19 heavy (non-hydrogen) atoms. The second kappa shape index (κ2) is 6.28. The van der Waals surface area contributed by atoms with E-state index in [0.29, 0.717) is 24.4 Å². The number of carbonyl (C=O) groups excluding carboxylic acids is 1. The average molecular weight is 270 g/mol.